The van der Waals surface area contributed by atoms with E-state index >= 15 is 0 Å². The summed E-state index contributed by atoms with van der Waals surface area (Å²) in [5.41, 5.74) is 0. The number of carbonyl (C=O) groups is 1. The third kappa shape index (κ3) is 11.2. The maximum Gasteiger partial charge on any atom is 0.192 e. The van der Waals surface area contributed by atoms with Gasteiger partial charge in [0.1, 0.15) is 5.78 Å². The highest BCUT2D eigenvalue weighted by atomic mass is 28.4. The van der Waals surface area contributed by atoms with E-state index in [9.17, 15) is 9.90 Å². The van der Waals surface area contributed by atoms with E-state index in [1.807, 2.05) is 6.08 Å². The number of unbranched alkanes of at least 4 members (excludes halogenated alkanes) is 1. The monoisotopic (exact) mass is 426 g/mol. The van der Waals surface area contributed by atoms with Crippen LogP contribution >= 0.6 is 0 Å². The molecule has 0 bridgehead atoms. The lowest BCUT2D eigenvalue weighted by molar-refractivity contribution is -0.183. The summed E-state index contributed by atoms with van der Waals surface area (Å²) in [5.74, 6) is -0.0475. The Morgan fingerprint density at radius 2 is 1.90 bits per heavy atom. The molecule has 1 rings (SSSR count). The number of aliphatic hydroxyl groups is 1. The van der Waals surface area contributed by atoms with Gasteiger partial charge in [-0.3, -0.25) is 4.79 Å². The van der Waals surface area contributed by atoms with Crippen LogP contribution in [0.5, 0.6) is 0 Å². The minimum atomic E-state index is -1.69. The predicted molar refractivity (Wildman–Crippen MR) is 120 cm³/mol. The fraction of sp³-hybridized carbons (Fsp3) is 0.783. The average Bonchev–Trinajstić information content (AvgIpc) is 2.60. The van der Waals surface area contributed by atoms with Crippen molar-refractivity contribution in [3.8, 4) is 0 Å². The lowest BCUT2D eigenvalue weighted by Gasteiger charge is -2.38. The van der Waals surface area contributed by atoms with Gasteiger partial charge in [-0.15, -0.1) is 0 Å². The Labute approximate surface area is 178 Å². The zero-order chi connectivity index (χ0) is 21.9. The zero-order valence-corrected chi connectivity index (χ0v) is 20.3. The highest BCUT2D eigenvalue weighted by Crippen LogP contribution is 2.37. The molecule has 1 aliphatic rings. The zero-order valence-electron chi connectivity index (χ0n) is 19.3. The van der Waals surface area contributed by atoms with Gasteiger partial charge < -0.3 is 19.0 Å². The number of ether oxygens (including phenoxy) is 2. The Hall–Kier alpha value is -0.793. The minimum absolute atomic E-state index is 0.0475. The van der Waals surface area contributed by atoms with Gasteiger partial charge in [0.2, 0.25) is 0 Å². The molecule has 0 aromatic carbocycles. The molecule has 1 heterocycles. The molecular weight excluding hydrogens is 384 g/mol. The van der Waals surface area contributed by atoms with E-state index in [1.54, 1.807) is 12.2 Å². The summed E-state index contributed by atoms with van der Waals surface area (Å²) in [5, 5.41) is 10.2. The van der Waals surface area contributed by atoms with Crippen LogP contribution in [-0.4, -0.2) is 50.9 Å². The van der Waals surface area contributed by atoms with Crippen molar-refractivity contribution < 1.29 is 23.8 Å². The number of rotatable bonds is 12. The summed E-state index contributed by atoms with van der Waals surface area (Å²) in [6, 6.07) is 0. The first-order chi connectivity index (χ1) is 13.5. The van der Waals surface area contributed by atoms with Crippen LogP contribution in [0.3, 0.4) is 0 Å². The van der Waals surface area contributed by atoms with Gasteiger partial charge in [0.15, 0.2) is 14.6 Å². The van der Waals surface area contributed by atoms with Crippen molar-refractivity contribution in [2.24, 2.45) is 0 Å². The van der Waals surface area contributed by atoms with Crippen molar-refractivity contribution in [2.75, 3.05) is 13.2 Å². The smallest absolute Gasteiger partial charge is 0.192 e. The molecule has 0 saturated carbocycles. The summed E-state index contributed by atoms with van der Waals surface area (Å²) in [7, 11) is -1.69. The van der Waals surface area contributed by atoms with Gasteiger partial charge in [0.05, 0.1) is 25.7 Å². The van der Waals surface area contributed by atoms with E-state index in [4.69, 9.17) is 13.9 Å². The normalized spacial score (nSPS) is 19.1. The van der Waals surface area contributed by atoms with Crippen molar-refractivity contribution in [3.63, 3.8) is 0 Å². The molecule has 0 aromatic rings. The Morgan fingerprint density at radius 3 is 2.52 bits per heavy atom. The van der Waals surface area contributed by atoms with Gasteiger partial charge in [0.25, 0.3) is 0 Å². The number of carbonyl (C=O) groups excluding carboxylic acids is 1. The second kappa shape index (κ2) is 12.8. The first kappa shape index (κ1) is 26.2. The fourth-order valence-electron chi connectivity index (χ4n) is 2.85. The largest absolute Gasteiger partial charge is 0.414 e. The maximum absolute atomic E-state index is 11.9. The van der Waals surface area contributed by atoms with Gasteiger partial charge in [-0.1, -0.05) is 45.1 Å². The summed E-state index contributed by atoms with van der Waals surface area (Å²) in [4.78, 5) is 11.9. The summed E-state index contributed by atoms with van der Waals surface area (Å²) < 4.78 is 17.1. The van der Waals surface area contributed by atoms with Crippen molar-refractivity contribution in [1.82, 2.24) is 0 Å². The maximum atomic E-state index is 11.9. The van der Waals surface area contributed by atoms with Crippen molar-refractivity contribution in [2.45, 2.75) is 103 Å². The number of hydrogen-bond donors (Lipinski definition) is 1. The van der Waals surface area contributed by atoms with Gasteiger partial charge in [-0.25, -0.2) is 0 Å². The number of allylic oxidation sites excluding steroid dienone is 3. The lowest BCUT2D eigenvalue weighted by atomic mass is 10.1. The molecule has 6 heteroatoms. The van der Waals surface area contributed by atoms with Crippen molar-refractivity contribution in [3.05, 3.63) is 24.3 Å². The van der Waals surface area contributed by atoms with Crippen LogP contribution in [0, 0.1) is 0 Å². The molecule has 1 fully saturated rings. The predicted octanol–water partition coefficient (Wildman–Crippen LogP) is 5.15. The van der Waals surface area contributed by atoms with Gasteiger partial charge in [-0.05, 0) is 50.7 Å². The molecule has 1 N–H and O–H groups in total. The molecule has 0 radical (unpaired) electrons. The highest BCUT2D eigenvalue weighted by molar-refractivity contribution is 6.74. The molecule has 0 spiro atoms. The molecule has 29 heavy (non-hydrogen) atoms. The SMILES string of the molecule is C[C@H](CCC/C=C/C=C/[C@H](O)CC(=O)CC1OCCCO1)O[Si](C)(C)C(C)(C)C. The van der Waals surface area contributed by atoms with E-state index in [1.165, 1.54) is 0 Å². The third-order valence-corrected chi connectivity index (χ3v) is 10.2. The molecule has 1 saturated heterocycles. The quantitative estimate of drug-likeness (QED) is 0.265. The van der Waals surface area contributed by atoms with Crippen LogP contribution in [0.25, 0.3) is 0 Å². The second-order valence-electron chi connectivity index (χ2n) is 9.47. The molecule has 5 nitrogen and oxygen atoms in total. The van der Waals surface area contributed by atoms with Crippen LogP contribution in [0.4, 0.5) is 0 Å². The van der Waals surface area contributed by atoms with Crippen molar-refractivity contribution >= 4 is 14.1 Å². The Bertz CT molecular complexity index is 530. The van der Waals surface area contributed by atoms with Gasteiger partial charge >= 0.3 is 0 Å². The first-order valence-corrected chi connectivity index (χ1v) is 13.9. The summed E-state index contributed by atoms with van der Waals surface area (Å²) in [6.07, 6.45) is 10.8. The lowest BCUT2D eigenvalue weighted by Crippen LogP contribution is -2.43. The van der Waals surface area contributed by atoms with Crippen LogP contribution in [0.15, 0.2) is 24.3 Å². The Kier molecular flexibility index (Phi) is 11.6. The first-order valence-electron chi connectivity index (χ1n) is 11.0. The molecule has 0 aromatic heterocycles. The molecule has 0 amide bonds. The van der Waals surface area contributed by atoms with Crippen LogP contribution in [0.2, 0.25) is 18.1 Å². The summed E-state index contributed by atoms with van der Waals surface area (Å²) in [6.45, 7) is 14.8. The highest BCUT2D eigenvalue weighted by Gasteiger charge is 2.38. The summed E-state index contributed by atoms with van der Waals surface area (Å²) >= 11 is 0. The average molecular weight is 427 g/mol. The molecule has 0 aliphatic carbocycles. The standard InChI is InChI=1S/C23H42O5Si/c1-19(28-29(5,6)23(2,3)4)13-10-8-7-9-11-14-20(24)17-21(25)18-22-26-15-12-16-27-22/h7,9,11,14,19-20,22,24H,8,10,12-13,15-18H2,1-6H3/b9-7+,14-11+/t19-,20+/m1/s1. The second-order valence-corrected chi connectivity index (χ2v) is 14.2. The molecular formula is C23H42O5Si. The molecule has 2 atom stereocenters. The van der Waals surface area contributed by atoms with E-state index in [0.29, 0.717) is 13.2 Å². The topological polar surface area (TPSA) is 65.0 Å². The number of hydrogen-bond acceptors (Lipinski definition) is 5. The van der Waals surface area contributed by atoms with Crippen LogP contribution < -0.4 is 0 Å². The molecule has 168 valence electrons. The number of Topliss-reactive ketones (excluding diaryl/α,β-unsaturated/α-hetero) is 1. The third-order valence-electron chi connectivity index (χ3n) is 5.59. The Balaban J connectivity index is 2.18. The van der Waals surface area contributed by atoms with Crippen LogP contribution in [-0.2, 0) is 18.7 Å². The van der Waals surface area contributed by atoms with E-state index < -0.39 is 20.7 Å². The van der Waals surface area contributed by atoms with Crippen molar-refractivity contribution in [1.29, 1.82) is 0 Å². The van der Waals surface area contributed by atoms with Gasteiger partial charge in [-0.2, -0.15) is 0 Å². The van der Waals surface area contributed by atoms with Gasteiger partial charge in [0, 0.05) is 12.5 Å². The molecule has 0 unspecified atom stereocenters. The van der Waals surface area contributed by atoms with E-state index in [2.05, 4.69) is 46.9 Å². The van der Waals surface area contributed by atoms with E-state index in [-0.39, 0.29) is 29.8 Å². The fourth-order valence-corrected chi connectivity index (χ4v) is 4.33. The number of ketones is 1. The number of aliphatic hydroxyl groups excluding tert-OH is 1. The van der Waals surface area contributed by atoms with Crippen LogP contribution in [0.1, 0.15) is 66.2 Å². The molecule has 1 aliphatic heterocycles. The Morgan fingerprint density at radius 1 is 1.24 bits per heavy atom. The van der Waals surface area contributed by atoms with E-state index in [0.717, 1.165) is 25.7 Å². The minimum Gasteiger partial charge on any atom is -0.414 e.